The van der Waals surface area contributed by atoms with E-state index in [0.717, 1.165) is 37.4 Å². The van der Waals surface area contributed by atoms with Crippen LogP contribution in [0.2, 0.25) is 0 Å². The molecule has 1 aliphatic rings. The van der Waals surface area contributed by atoms with E-state index >= 15 is 0 Å². The molecule has 6 heteroatoms. The minimum absolute atomic E-state index is 0.00414. The minimum atomic E-state index is -0.0243. The highest BCUT2D eigenvalue weighted by atomic mass is 16.5. The predicted octanol–water partition coefficient (Wildman–Crippen LogP) is 2.99. The zero-order valence-corrected chi connectivity index (χ0v) is 13.3. The Bertz CT molecular complexity index is 659. The third-order valence-corrected chi connectivity index (χ3v) is 4.15. The largest absolute Gasteiger partial charge is 0.361 e. The zero-order valence-electron chi connectivity index (χ0n) is 13.3. The molecular formula is C16H22N4O2. The van der Waals surface area contributed by atoms with E-state index in [0.29, 0.717) is 11.6 Å². The van der Waals surface area contributed by atoms with Crippen LogP contribution in [0.5, 0.6) is 0 Å². The van der Waals surface area contributed by atoms with E-state index in [2.05, 4.69) is 24.1 Å². The van der Waals surface area contributed by atoms with Gasteiger partial charge in [-0.2, -0.15) is 5.10 Å². The van der Waals surface area contributed by atoms with Crippen LogP contribution >= 0.6 is 0 Å². The molecule has 1 fully saturated rings. The molecule has 2 aromatic heterocycles. The molecule has 1 saturated heterocycles. The summed E-state index contributed by atoms with van der Waals surface area (Å²) in [7, 11) is 0. The number of hydrogen-bond acceptors (Lipinski definition) is 4. The van der Waals surface area contributed by atoms with Crippen LogP contribution in [-0.2, 0) is 6.54 Å². The van der Waals surface area contributed by atoms with Crippen molar-refractivity contribution in [3.8, 4) is 0 Å². The van der Waals surface area contributed by atoms with Crippen molar-refractivity contribution < 1.29 is 9.32 Å². The van der Waals surface area contributed by atoms with Crippen molar-refractivity contribution in [2.24, 2.45) is 0 Å². The van der Waals surface area contributed by atoms with Gasteiger partial charge in [-0.15, -0.1) is 0 Å². The van der Waals surface area contributed by atoms with Gasteiger partial charge in [-0.25, -0.2) is 0 Å². The number of nitrogens with zero attached hydrogens (tertiary/aromatic N) is 4. The fraction of sp³-hybridized carbons (Fsp3) is 0.562. The van der Waals surface area contributed by atoms with Crippen molar-refractivity contribution in [3.63, 3.8) is 0 Å². The molecule has 0 unspecified atom stereocenters. The zero-order chi connectivity index (χ0) is 15.7. The molecule has 0 aromatic carbocycles. The summed E-state index contributed by atoms with van der Waals surface area (Å²) in [5.74, 6) is 1.14. The molecule has 0 saturated carbocycles. The van der Waals surface area contributed by atoms with Crippen molar-refractivity contribution in [2.75, 3.05) is 6.54 Å². The monoisotopic (exact) mass is 302 g/mol. The number of carbonyl (C=O) groups is 1. The minimum Gasteiger partial charge on any atom is -0.361 e. The van der Waals surface area contributed by atoms with Crippen LogP contribution < -0.4 is 0 Å². The summed E-state index contributed by atoms with van der Waals surface area (Å²) in [6, 6.07) is 3.75. The fourth-order valence-corrected chi connectivity index (χ4v) is 2.85. The molecule has 0 aliphatic carbocycles. The Balaban J connectivity index is 1.81. The Morgan fingerprint density at radius 1 is 1.50 bits per heavy atom. The van der Waals surface area contributed by atoms with E-state index in [1.54, 1.807) is 10.7 Å². The highest BCUT2D eigenvalue weighted by Crippen LogP contribution is 2.33. The first kappa shape index (κ1) is 14.8. The summed E-state index contributed by atoms with van der Waals surface area (Å²) >= 11 is 0. The van der Waals surface area contributed by atoms with E-state index in [1.807, 2.05) is 24.1 Å². The number of aryl methyl sites for hydroxylation is 1. The van der Waals surface area contributed by atoms with Gasteiger partial charge in [0.25, 0.3) is 5.91 Å². The second kappa shape index (κ2) is 5.94. The number of aromatic nitrogens is 3. The van der Waals surface area contributed by atoms with Gasteiger partial charge in [0.15, 0.2) is 0 Å². The van der Waals surface area contributed by atoms with Crippen LogP contribution in [0.1, 0.15) is 67.5 Å². The van der Waals surface area contributed by atoms with Crippen LogP contribution in [0.15, 0.2) is 22.9 Å². The molecule has 3 heterocycles. The van der Waals surface area contributed by atoms with E-state index in [9.17, 15) is 4.79 Å². The summed E-state index contributed by atoms with van der Waals surface area (Å²) in [5, 5.41) is 8.49. The lowest BCUT2D eigenvalue weighted by atomic mass is 10.1. The second-order valence-electron chi connectivity index (χ2n) is 6.02. The third kappa shape index (κ3) is 2.65. The van der Waals surface area contributed by atoms with Crippen molar-refractivity contribution in [2.45, 2.75) is 52.1 Å². The SMILES string of the molecule is CCn1ccc(C(=O)N2CCC[C@@H]2c2cc(C(C)C)on2)n1. The predicted molar refractivity (Wildman–Crippen MR) is 81.5 cm³/mol. The quantitative estimate of drug-likeness (QED) is 0.871. The standard InChI is InChI=1S/C16H22N4O2/c1-4-19-9-7-12(17-19)16(21)20-8-5-6-14(20)13-10-15(11(2)3)22-18-13/h7,9-11,14H,4-6,8H2,1-3H3/t14-/m1/s1. The fourth-order valence-electron chi connectivity index (χ4n) is 2.85. The molecule has 1 atom stereocenters. The molecule has 22 heavy (non-hydrogen) atoms. The van der Waals surface area contributed by atoms with E-state index < -0.39 is 0 Å². The summed E-state index contributed by atoms with van der Waals surface area (Å²) in [4.78, 5) is 14.6. The Morgan fingerprint density at radius 2 is 2.32 bits per heavy atom. The maximum absolute atomic E-state index is 12.7. The van der Waals surface area contributed by atoms with Gasteiger partial charge in [0.2, 0.25) is 0 Å². The van der Waals surface area contributed by atoms with Crippen LogP contribution in [0.4, 0.5) is 0 Å². The van der Waals surface area contributed by atoms with Gasteiger partial charge in [-0.3, -0.25) is 9.48 Å². The van der Waals surface area contributed by atoms with Crippen LogP contribution in [-0.4, -0.2) is 32.3 Å². The Morgan fingerprint density at radius 3 is 2.95 bits per heavy atom. The average molecular weight is 302 g/mol. The first-order chi connectivity index (χ1) is 10.6. The number of rotatable bonds is 4. The van der Waals surface area contributed by atoms with Crippen molar-refractivity contribution >= 4 is 5.91 Å². The van der Waals surface area contributed by atoms with Crippen molar-refractivity contribution in [1.29, 1.82) is 0 Å². The average Bonchev–Trinajstić information content (AvgIpc) is 3.24. The van der Waals surface area contributed by atoms with Gasteiger partial charge < -0.3 is 9.42 Å². The summed E-state index contributed by atoms with van der Waals surface area (Å²) in [6.45, 7) is 7.64. The Kier molecular flexibility index (Phi) is 4.00. The highest BCUT2D eigenvalue weighted by molar-refractivity contribution is 5.92. The summed E-state index contributed by atoms with van der Waals surface area (Å²) in [6.07, 6.45) is 3.74. The number of carbonyl (C=O) groups excluding carboxylic acids is 1. The van der Waals surface area contributed by atoms with E-state index in [1.165, 1.54) is 0 Å². The molecule has 0 radical (unpaired) electrons. The van der Waals surface area contributed by atoms with Gasteiger partial charge in [0.1, 0.15) is 17.1 Å². The molecule has 0 spiro atoms. The molecule has 118 valence electrons. The molecule has 0 bridgehead atoms. The maximum atomic E-state index is 12.7. The Labute approximate surface area is 130 Å². The molecule has 3 rings (SSSR count). The molecule has 2 aromatic rings. The van der Waals surface area contributed by atoms with Gasteiger partial charge in [0.05, 0.1) is 6.04 Å². The third-order valence-electron chi connectivity index (χ3n) is 4.15. The highest BCUT2D eigenvalue weighted by Gasteiger charge is 2.33. The smallest absolute Gasteiger partial charge is 0.274 e. The first-order valence-electron chi connectivity index (χ1n) is 7.91. The van der Waals surface area contributed by atoms with Gasteiger partial charge in [0, 0.05) is 31.3 Å². The van der Waals surface area contributed by atoms with Gasteiger partial charge in [-0.05, 0) is 25.8 Å². The van der Waals surface area contributed by atoms with E-state index in [4.69, 9.17) is 4.52 Å². The topological polar surface area (TPSA) is 64.2 Å². The van der Waals surface area contributed by atoms with Crippen LogP contribution in [0.3, 0.4) is 0 Å². The maximum Gasteiger partial charge on any atom is 0.274 e. The number of likely N-dealkylation sites (tertiary alicyclic amines) is 1. The first-order valence-corrected chi connectivity index (χ1v) is 7.91. The summed E-state index contributed by atoms with van der Waals surface area (Å²) < 4.78 is 7.16. The molecule has 1 amide bonds. The molecule has 6 nitrogen and oxygen atoms in total. The van der Waals surface area contributed by atoms with Crippen molar-refractivity contribution in [3.05, 3.63) is 35.5 Å². The molecular weight excluding hydrogens is 280 g/mol. The van der Waals surface area contributed by atoms with E-state index in [-0.39, 0.29) is 11.9 Å². The number of amides is 1. The Hall–Kier alpha value is -2.11. The molecule has 0 N–H and O–H groups in total. The normalized spacial score (nSPS) is 18.4. The van der Waals surface area contributed by atoms with Gasteiger partial charge >= 0.3 is 0 Å². The van der Waals surface area contributed by atoms with Crippen LogP contribution in [0, 0.1) is 0 Å². The van der Waals surface area contributed by atoms with Crippen molar-refractivity contribution in [1.82, 2.24) is 19.8 Å². The lowest BCUT2D eigenvalue weighted by molar-refractivity contribution is 0.0724. The molecule has 1 aliphatic heterocycles. The second-order valence-corrected chi connectivity index (χ2v) is 6.02. The van der Waals surface area contributed by atoms with Gasteiger partial charge in [-0.1, -0.05) is 19.0 Å². The number of hydrogen-bond donors (Lipinski definition) is 0. The lowest BCUT2D eigenvalue weighted by Crippen LogP contribution is -2.31. The summed E-state index contributed by atoms with van der Waals surface area (Å²) in [5.41, 5.74) is 1.35. The lowest BCUT2D eigenvalue weighted by Gasteiger charge is -2.21. The van der Waals surface area contributed by atoms with Crippen LogP contribution in [0.25, 0.3) is 0 Å².